The lowest BCUT2D eigenvalue weighted by Gasteiger charge is -2.25. The number of unbranched alkanes of at least 4 members (excludes halogenated alkanes) is 1. The Morgan fingerprint density at radius 3 is 1.79 bits per heavy atom. The van der Waals surface area contributed by atoms with Gasteiger partial charge in [-0.1, -0.05) is 20.3 Å². The molecule has 0 aromatic carbocycles. The molecule has 4 amide bonds. The van der Waals surface area contributed by atoms with Crippen LogP contribution in [-0.4, -0.2) is 76.5 Å². The van der Waals surface area contributed by atoms with E-state index in [0.29, 0.717) is 19.4 Å². The molecule has 4 unspecified atom stereocenters. The van der Waals surface area contributed by atoms with Crippen LogP contribution in [0, 0.1) is 5.92 Å². The van der Waals surface area contributed by atoms with Gasteiger partial charge in [-0.2, -0.15) is 0 Å². The molecule has 4 atom stereocenters. The number of carbonyl (C=O) groups excluding carboxylic acids is 4. The Labute approximate surface area is 191 Å². The lowest BCUT2D eigenvalue weighted by molar-refractivity contribution is -0.144. The molecule has 0 fully saturated rings. The van der Waals surface area contributed by atoms with Crippen LogP contribution in [0.3, 0.4) is 0 Å². The third-order valence-electron chi connectivity index (χ3n) is 4.59. The van der Waals surface area contributed by atoms with E-state index >= 15 is 0 Å². The molecule has 0 bridgehead atoms. The van der Waals surface area contributed by atoms with Crippen LogP contribution in [0.15, 0.2) is 0 Å². The third-order valence-corrected chi connectivity index (χ3v) is 4.59. The van der Waals surface area contributed by atoms with Crippen LogP contribution in [0.2, 0.25) is 0 Å². The van der Waals surface area contributed by atoms with Crippen LogP contribution >= 0.6 is 0 Å². The minimum absolute atomic E-state index is 0.253. The molecule has 0 radical (unpaired) electrons. The second-order valence-electron chi connectivity index (χ2n) is 7.85. The fourth-order valence-corrected chi connectivity index (χ4v) is 2.75. The van der Waals surface area contributed by atoms with Gasteiger partial charge < -0.3 is 43.4 Å². The lowest BCUT2D eigenvalue weighted by Crippen LogP contribution is -2.58. The summed E-state index contributed by atoms with van der Waals surface area (Å²) in [5.74, 6) is -7.13. The van der Waals surface area contributed by atoms with Gasteiger partial charge in [0.25, 0.3) is 0 Å². The van der Waals surface area contributed by atoms with E-state index in [1.807, 2.05) is 0 Å². The normalized spacial score (nSPS) is 14.5. The topological polar surface area (TPSA) is 257 Å². The molecular formula is C19H34N6O8. The van der Waals surface area contributed by atoms with Crippen molar-refractivity contribution in [3.8, 4) is 0 Å². The highest BCUT2D eigenvalue weighted by atomic mass is 16.4. The van der Waals surface area contributed by atoms with Gasteiger partial charge in [-0.3, -0.25) is 24.0 Å². The number of hydrogen-bond acceptors (Lipinski definition) is 8. The zero-order valence-electron chi connectivity index (χ0n) is 18.7. The van der Waals surface area contributed by atoms with Crippen molar-refractivity contribution in [1.29, 1.82) is 0 Å². The van der Waals surface area contributed by atoms with Crippen LogP contribution in [0.1, 0.15) is 46.0 Å². The minimum atomic E-state index is -1.61. The Morgan fingerprint density at radius 1 is 0.818 bits per heavy atom. The standard InChI is InChI=1S/C19H34N6O8/c1-9(2)15(19(32)33)25-18(31)11(7-13(22)26)24-17(30)12(8-14(27)28)23-16(29)10(21)5-3-4-6-20/h9-12,15H,3-8,20-21H2,1-2H3,(H2,22,26)(H,23,29)(H,24,30)(H,25,31)(H,27,28)(H,32,33). The fourth-order valence-electron chi connectivity index (χ4n) is 2.75. The Hall–Kier alpha value is -3.26. The van der Waals surface area contributed by atoms with Crippen molar-refractivity contribution in [1.82, 2.24) is 16.0 Å². The van der Waals surface area contributed by atoms with Gasteiger partial charge in [0, 0.05) is 0 Å². The maximum atomic E-state index is 12.7. The van der Waals surface area contributed by atoms with E-state index < -0.39 is 78.5 Å². The van der Waals surface area contributed by atoms with E-state index in [1.165, 1.54) is 13.8 Å². The van der Waals surface area contributed by atoms with Gasteiger partial charge >= 0.3 is 11.9 Å². The number of primary amides is 1. The molecule has 0 aliphatic heterocycles. The molecule has 33 heavy (non-hydrogen) atoms. The zero-order valence-corrected chi connectivity index (χ0v) is 18.7. The first-order valence-corrected chi connectivity index (χ1v) is 10.4. The molecule has 0 heterocycles. The van der Waals surface area contributed by atoms with Gasteiger partial charge in [0.1, 0.15) is 18.1 Å². The number of carboxylic acid groups (broad SMARTS) is 2. The summed E-state index contributed by atoms with van der Waals surface area (Å²) in [6, 6.07) is -5.54. The van der Waals surface area contributed by atoms with E-state index in [0.717, 1.165) is 0 Å². The summed E-state index contributed by atoms with van der Waals surface area (Å²) in [6.45, 7) is 3.48. The molecule has 14 heteroatoms. The van der Waals surface area contributed by atoms with Crippen LogP contribution < -0.4 is 33.2 Å². The van der Waals surface area contributed by atoms with Crippen molar-refractivity contribution >= 4 is 35.6 Å². The summed E-state index contributed by atoms with van der Waals surface area (Å²) >= 11 is 0. The molecule has 0 rings (SSSR count). The molecule has 0 aromatic heterocycles. The number of nitrogens with two attached hydrogens (primary N) is 3. The maximum absolute atomic E-state index is 12.7. The van der Waals surface area contributed by atoms with Crippen molar-refractivity contribution in [2.75, 3.05) is 6.54 Å². The zero-order chi connectivity index (χ0) is 25.7. The predicted molar refractivity (Wildman–Crippen MR) is 115 cm³/mol. The minimum Gasteiger partial charge on any atom is -0.481 e. The van der Waals surface area contributed by atoms with Crippen molar-refractivity contribution < 1.29 is 39.0 Å². The van der Waals surface area contributed by atoms with Crippen LogP contribution in [0.4, 0.5) is 0 Å². The highest BCUT2D eigenvalue weighted by Gasteiger charge is 2.32. The van der Waals surface area contributed by atoms with Crippen LogP contribution in [0.25, 0.3) is 0 Å². The lowest BCUT2D eigenvalue weighted by atomic mass is 10.0. The maximum Gasteiger partial charge on any atom is 0.326 e. The van der Waals surface area contributed by atoms with Gasteiger partial charge in [0.15, 0.2) is 0 Å². The molecule has 188 valence electrons. The first kappa shape index (κ1) is 29.7. The molecule has 0 saturated carbocycles. The fraction of sp³-hybridized carbons (Fsp3) is 0.684. The Morgan fingerprint density at radius 2 is 1.33 bits per heavy atom. The Balaban J connectivity index is 5.45. The van der Waals surface area contributed by atoms with Crippen LogP contribution in [0.5, 0.6) is 0 Å². The van der Waals surface area contributed by atoms with Crippen LogP contribution in [-0.2, 0) is 28.8 Å². The average Bonchev–Trinajstić information content (AvgIpc) is 2.69. The summed E-state index contributed by atoms with van der Waals surface area (Å²) in [5.41, 5.74) is 16.2. The van der Waals surface area contributed by atoms with Crippen molar-refractivity contribution in [3.63, 3.8) is 0 Å². The second-order valence-corrected chi connectivity index (χ2v) is 7.85. The van der Waals surface area contributed by atoms with E-state index in [-0.39, 0.29) is 6.42 Å². The molecule has 11 N–H and O–H groups in total. The number of amides is 4. The monoisotopic (exact) mass is 474 g/mol. The Kier molecular flexibility index (Phi) is 13.3. The first-order valence-electron chi connectivity index (χ1n) is 10.4. The average molecular weight is 475 g/mol. The number of rotatable bonds is 16. The highest BCUT2D eigenvalue weighted by Crippen LogP contribution is 2.05. The SMILES string of the molecule is CC(C)C(NC(=O)C(CC(N)=O)NC(=O)C(CC(=O)O)NC(=O)C(N)CCCCN)C(=O)O. The predicted octanol–water partition coefficient (Wildman–Crippen LogP) is -3.01. The van der Waals surface area contributed by atoms with E-state index in [9.17, 15) is 33.9 Å². The van der Waals surface area contributed by atoms with Gasteiger partial charge in [0.05, 0.1) is 18.9 Å². The van der Waals surface area contributed by atoms with Gasteiger partial charge in [-0.15, -0.1) is 0 Å². The van der Waals surface area contributed by atoms with Crippen molar-refractivity contribution in [2.24, 2.45) is 23.1 Å². The molecule has 0 saturated heterocycles. The number of hydrogen-bond donors (Lipinski definition) is 8. The molecular weight excluding hydrogens is 440 g/mol. The summed E-state index contributed by atoms with van der Waals surface area (Å²) in [4.78, 5) is 71.3. The Bertz CT molecular complexity index is 729. The van der Waals surface area contributed by atoms with Crippen molar-refractivity contribution in [2.45, 2.75) is 70.1 Å². The van der Waals surface area contributed by atoms with E-state index in [2.05, 4.69) is 16.0 Å². The second kappa shape index (κ2) is 14.7. The van der Waals surface area contributed by atoms with Gasteiger partial charge in [-0.25, -0.2) is 4.79 Å². The number of carbonyl (C=O) groups is 6. The molecule has 14 nitrogen and oxygen atoms in total. The molecule has 0 aliphatic rings. The third kappa shape index (κ3) is 11.8. The largest absolute Gasteiger partial charge is 0.481 e. The number of nitrogens with one attached hydrogen (secondary N) is 3. The number of aliphatic carboxylic acids is 2. The molecule has 0 aliphatic carbocycles. The van der Waals surface area contributed by atoms with Gasteiger partial charge in [0.2, 0.25) is 23.6 Å². The summed E-state index contributed by atoms with van der Waals surface area (Å²) in [7, 11) is 0. The van der Waals surface area contributed by atoms with Gasteiger partial charge in [-0.05, 0) is 25.3 Å². The van der Waals surface area contributed by atoms with E-state index in [1.54, 1.807) is 0 Å². The first-order chi connectivity index (χ1) is 15.3. The summed E-state index contributed by atoms with van der Waals surface area (Å²) in [6.07, 6.45) is -0.0982. The summed E-state index contributed by atoms with van der Waals surface area (Å²) in [5, 5.41) is 24.9. The smallest absolute Gasteiger partial charge is 0.326 e. The highest BCUT2D eigenvalue weighted by molar-refractivity contribution is 5.97. The number of carboxylic acids is 2. The quantitative estimate of drug-likeness (QED) is 0.105. The summed E-state index contributed by atoms with van der Waals surface area (Å²) < 4.78 is 0. The van der Waals surface area contributed by atoms with E-state index in [4.69, 9.17) is 22.3 Å². The van der Waals surface area contributed by atoms with Crippen molar-refractivity contribution in [3.05, 3.63) is 0 Å². The molecule has 0 aromatic rings. The molecule has 0 spiro atoms.